The molecule has 0 bridgehead atoms. The summed E-state index contributed by atoms with van der Waals surface area (Å²) in [6.45, 7) is 0. The number of carboxylic acid groups (broad SMARTS) is 1. The van der Waals surface area contributed by atoms with Crippen LogP contribution in [-0.4, -0.2) is 16.9 Å². The van der Waals surface area contributed by atoms with Crippen molar-refractivity contribution in [3.8, 4) is 0 Å². The molecule has 6 heteroatoms. The van der Waals surface area contributed by atoms with Crippen molar-refractivity contribution in [2.75, 3.05) is 0 Å². The second-order valence-corrected chi connectivity index (χ2v) is 5.85. The van der Waals surface area contributed by atoms with Crippen molar-refractivity contribution in [3.63, 3.8) is 0 Å². The van der Waals surface area contributed by atoms with Crippen LogP contribution >= 0.6 is 27.5 Å². The molecular weight excluding hydrogens is 338 g/mol. The Balaban J connectivity index is 2.34. The molecule has 0 radical (unpaired) electrons. The van der Waals surface area contributed by atoms with Crippen LogP contribution in [-0.2, 0) is 4.79 Å². The Hall–Kier alpha value is -0.940. The Bertz CT molecular complexity index is 547. The van der Waals surface area contributed by atoms with Crippen LogP contribution in [0.5, 0.6) is 0 Å². The first-order valence-corrected chi connectivity index (χ1v) is 7.00. The van der Waals surface area contributed by atoms with E-state index in [0.29, 0.717) is 23.7 Å². The Labute approximate surface area is 122 Å². The Morgan fingerprint density at radius 1 is 1.32 bits per heavy atom. The van der Waals surface area contributed by atoms with Gasteiger partial charge in [0.1, 0.15) is 5.82 Å². The van der Waals surface area contributed by atoms with E-state index in [4.69, 9.17) is 16.7 Å². The predicted octanol–water partition coefficient (Wildman–Crippen LogP) is 3.93. The minimum atomic E-state index is -1.00. The van der Waals surface area contributed by atoms with Crippen molar-refractivity contribution in [2.24, 2.45) is 11.8 Å². The molecule has 0 heterocycles. The van der Waals surface area contributed by atoms with E-state index in [1.54, 1.807) is 0 Å². The molecule has 1 aliphatic carbocycles. The lowest BCUT2D eigenvalue weighted by molar-refractivity contribution is -0.142. The predicted molar refractivity (Wildman–Crippen MR) is 71.9 cm³/mol. The van der Waals surface area contributed by atoms with Gasteiger partial charge in [-0.15, -0.1) is 0 Å². The number of Topliss-reactive ketones (excluding diaryl/α,β-unsaturated/α-hetero) is 1. The van der Waals surface area contributed by atoms with Gasteiger partial charge in [-0.25, -0.2) is 4.39 Å². The van der Waals surface area contributed by atoms with Crippen molar-refractivity contribution < 1.29 is 19.1 Å². The molecule has 0 amide bonds. The van der Waals surface area contributed by atoms with E-state index in [0.717, 1.165) is 6.07 Å². The molecule has 2 unspecified atom stereocenters. The first-order chi connectivity index (χ1) is 8.91. The molecule has 0 aliphatic heterocycles. The molecule has 1 aromatic rings. The fourth-order valence-corrected chi connectivity index (χ4v) is 2.96. The zero-order chi connectivity index (χ0) is 14.2. The molecule has 2 rings (SSSR count). The van der Waals surface area contributed by atoms with Crippen LogP contribution < -0.4 is 0 Å². The highest BCUT2D eigenvalue weighted by Crippen LogP contribution is 2.36. The SMILES string of the molecule is O=C(O)C1CCCC1C(=O)c1cc(Cl)c(Br)cc1F. The molecule has 1 aliphatic rings. The highest BCUT2D eigenvalue weighted by Gasteiger charge is 2.38. The van der Waals surface area contributed by atoms with Crippen LogP contribution in [0, 0.1) is 17.7 Å². The summed E-state index contributed by atoms with van der Waals surface area (Å²) in [5, 5.41) is 9.30. The third-order valence-electron chi connectivity index (χ3n) is 3.45. The topological polar surface area (TPSA) is 54.4 Å². The van der Waals surface area contributed by atoms with Gasteiger partial charge in [-0.1, -0.05) is 18.0 Å². The minimum absolute atomic E-state index is 0.133. The molecule has 19 heavy (non-hydrogen) atoms. The number of hydrogen-bond donors (Lipinski definition) is 1. The number of carbonyl (C=O) groups excluding carboxylic acids is 1. The molecule has 3 nitrogen and oxygen atoms in total. The second kappa shape index (κ2) is 5.59. The first-order valence-electron chi connectivity index (χ1n) is 5.83. The minimum Gasteiger partial charge on any atom is -0.481 e. The average Bonchev–Trinajstić information content (AvgIpc) is 2.82. The van der Waals surface area contributed by atoms with Crippen molar-refractivity contribution in [1.82, 2.24) is 0 Å². The highest BCUT2D eigenvalue weighted by atomic mass is 79.9. The quantitative estimate of drug-likeness (QED) is 0.664. The van der Waals surface area contributed by atoms with Crippen LogP contribution in [0.1, 0.15) is 29.6 Å². The van der Waals surface area contributed by atoms with Gasteiger partial charge < -0.3 is 5.11 Å². The van der Waals surface area contributed by atoms with E-state index in [-0.39, 0.29) is 10.6 Å². The van der Waals surface area contributed by atoms with Gasteiger partial charge in [-0.2, -0.15) is 0 Å². The third kappa shape index (κ3) is 2.82. The van der Waals surface area contributed by atoms with Gasteiger partial charge in [0.25, 0.3) is 0 Å². The van der Waals surface area contributed by atoms with Gasteiger partial charge in [0, 0.05) is 10.4 Å². The van der Waals surface area contributed by atoms with Gasteiger partial charge in [-0.3, -0.25) is 9.59 Å². The van der Waals surface area contributed by atoms with E-state index >= 15 is 0 Å². The maximum Gasteiger partial charge on any atom is 0.307 e. The number of aliphatic carboxylic acids is 1. The average molecular weight is 350 g/mol. The zero-order valence-electron chi connectivity index (χ0n) is 9.83. The number of carboxylic acids is 1. The van der Waals surface area contributed by atoms with E-state index in [1.807, 2.05) is 0 Å². The summed E-state index contributed by atoms with van der Waals surface area (Å²) in [5.74, 6) is -3.55. The van der Waals surface area contributed by atoms with Gasteiger partial charge in [0.2, 0.25) is 0 Å². The van der Waals surface area contributed by atoms with Gasteiger partial charge in [-0.05, 0) is 40.9 Å². The number of halogens is 3. The molecular formula is C13H11BrClFO3. The highest BCUT2D eigenvalue weighted by molar-refractivity contribution is 9.10. The summed E-state index contributed by atoms with van der Waals surface area (Å²) in [7, 11) is 0. The summed E-state index contributed by atoms with van der Waals surface area (Å²) in [6, 6.07) is 2.38. The van der Waals surface area contributed by atoms with E-state index in [1.165, 1.54) is 6.07 Å². The van der Waals surface area contributed by atoms with Gasteiger partial charge in [0.05, 0.1) is 16.5 Å². The fraction of sp³-hybridized carbons (Fsp3) is 0.385. The lowest BCUT2D eigenvalue weighted by atomic mass is 9.88. The molecule has 0 spiro atoms. The van der Waals surface area contributed by atoms with E-state index < -0.39 is 29.4 Å². The zero-order valence-corrected chi connectivity index (χ0v) is 12.2. The number of rotatable bonds is 3. The third-order valence-corrected chi connectivity index (χ3v) is 4.64. The lowest BCUT2D eigenvalue weighted by Crippen LogP contribution is -2.26. The molecule has 0 saturated heterocycles. The largest absolute Gasteiger partial charge is 0.481 e. The Kier molecular flexibility index (Phi) is 4.26. The van der Waals surface area contributed by atoms with E-state index in [2.05, 4.69) is 15.9 Å². The fourth-order valence-electron chi connectivity index (χ4n) is 2.48. The molecule has 102 valence electrons. The molecule has 1 N–H and O–H groups in total. The van der Waals surface area contributed by atoms with Crippen LogP contribution in [0.15, 0.2) is 16.6 Å². The summed E-state index contributed by atoms with van der Waals surface area (Å²) in [6.07, 6.45) is 1.60. The smallest absolute Gasteiger partial charge is 0.307 e. The molecule has 1 aromatic carbocycles. The summed E-state index contributed by atoms with van der Waals surface area (Å²) in [4.78, 5) is 23.3. The van der Waals surface area contributed by atoms with Crippen molar-refractivity contribution in [1.29, 1.82) is 0 Å². The number of hydrogen-bond acceptors (Lipinski definition) is 2. The monoisotopic (exact) mass is 348 g/mol. The second-order valence-electron chi connectivity index (χ2n) is 4.59. The molecule has 1 fully saturated rings. The van der Waals surface area contributed by atoms with Crippen LogP contribution in [0.2, 0.25) is 5.02 Å². The standard InChI is InChI=1S/C13H11BrClFO3/c14-9-5-11(16)8(4-10(9)15)12(17)6-2-1-3-7(6)13(18)19/h4-7H,1-3H2,(H,18,19). The van der Waals surface area contributed by atoms with Crippen molar-refractivity contribution in [2.45, 2.75) is 19.3 Å². The number of ketones is 1. The Morgan fingerprint density at radius 2 is 1.95 bits per heavy atom. The van der Waals surface area contributed by atoms with E-state index in [9.17, 15) is 14.0 Å². The summed E-state index contributed by atoms with van der Waals surface area (Å²) >= 11 is 8.92. The number of benzene rings is 1. The molecule has 1 saturated carbocycles. The summed E-state index contributed by atoms with van der Waals surface area (Å²) < 4.78 is 14.2. The number of carbonyl (C=O) groups is 2. The maximum absolute atomic E-state index is 13.8. The van der Waals surface area contributed by atoms with Crippen molar-refractivity contribution >= 4 is 39.3 Å². The van der Waals surface area contributed by atoms with Gasteiger partial charge in [0.15, 0.2) is 5.78 Å². The Morgan fingerprint density at radius 3 is 2.58 bits per heavy atom. The lowest BCUT2D eigenvalue weighted by Gasteiger charge is -2.15. The normalized spacial score (nSPS) is 22.5. The van der Waals surface area contributed by atoms with Crippen molar-refractivity contribution in [3.05, 3.63) is 33.0 Å². The summed E-state index contributed by atoms with van der Waals surface area (Å²) in [5.41, 5.74) is -0.133. The van der Waals surface area contributed by atoms with Crippen LogP contribution in [0.4, 0.5) is 4.39 Å². The molecule has 2 atom stereocenters. The maximum atomic E-state index is 13.8. The molecule has 0 aromatic heterocycles. The van der Waals surface area contributed by atoms with Crippen LogP contribution in [0.3, 0.4) is 0 Å². The van der Waals surface area contributed by atoms with Crippen LogP contribution in [0.25, 0.3) is 0 Å². The first kappa shape index (κ1) is 14.5. The van der Waals surface area contributed by atoms with Gasteiger partial charge >= 0.3 is 5.97 Å².